The summed E-state index contributed by atoms with van der Waals surface area (Å²) in [5, 5.41) is 3.41. The zero-order chi connectivity index (χ0) is 12.5. The van der Waals surface area contributed by atoms with Crippen LogP contribution in [0.2, 0.25) is 0 Å². The third-order valence-electron chi connectivity index (χ3n) is 3.78. The minimum atomic E-state index is 0.352. The highest BCUT2D eigenvalue weighted by atomic mass is 16.5. The smallest absolute Gasteiger partial charge is 0.0678 e. The van der Waals surface area contributed by atoms with Crippen molar-refractivity contribution in [3.63, 3.8) is 0 Å². The van der Waals surface area contributed by atoms with Gasteiger partial charge in [0.15, 0.2) is 0 Å². The Morgan fingerprint density at radius 1 is 1.28 bits per heavy atom. The van der Waals surface area contributed by atoms with E-state index in [9.17, 15) is 0 Å². The molecule has 3 nitrogen and oxygen atoms in total. The molecule has 1 fully saturated rings. The summed E-state index contributed by atoms with van der Waals surface area (Å²) in [6.45, 7) is 8.54. The van der Waals surface area contributed by atoms with Crippen LogP contribution in [0, 0.1) is 0 Å². The lowest BCUT2D eigenvalue weighted by Gasteiger charge is -2.35. The fraction of sp³-hybridized carbons (Fsp3) is 0.600. The van der Waals surface area contributed by atoms with Crippen molar-refractivity contribution in [2.75, 3.05) is 25.0 Å². The third kappa shape index (κ3) is 2.52. The molecule has 0 spiro atoms. The summed E-state index contributed by atoms with van der Waals surface area (Å²) in [6, 6.07) is 6.84. The van der Waals surface area contributed by atoms with E-state index >= 15 is 0 Å². The first-order valence-corrected chi connectivity index (χ1v) is 6.94. The van der Waals surface area contributed by atoms with Crippen LogP contribution in [-0.4, -0.2) is 36.7 Å². The highest BCUT2D eigenvalue weighted by Gasteiger charge is 2.22. The molecule has 0 saturated carbocycles. The summed E-state index contributed by atoms with van der Waals surface area (Å²) in [4.78, 5) is 2.50. The van der Waals surface area contributed by atoms with E-state index < -0.39 is 0 Å². The number of ether oxygens (including phenoxy) is 1. The fourth-order valence-electron chi connectivity index (χ4n) is 3.13. The predicted octanol–water partition coefficient (Wildman–Crippen LogP) is 2.26. The van der Waals surface area contributed by atoms with Crippen LogP contribution in [0.3, 0.4) is 0 Å². The van der Waals surface area contributed by atoms with Gasteiger partial charge >= 0.3 is 0 Å². The maximum atomic E-state index is 5.78. The molecule has 2 atom stereocenters. The Morgan fingerprint density at radius 2 is 2.06 bits per heavy atom. The molecule has 2 aliphatic rings. The van der Waals surface area contributed by atoms with Gasteiger partial charge in [0.1, 0.15) is 0 Å². The molecule has 2 unspecified atom stereocenters. The van der Waals surface area contributed by atoms with Crippen molar-refractivity contribution >= 4 is 5.69 Å². The Morgan fingerprint density at radius 3 is 2.83 bits per heavy atom. The second kappa shape index (κ2) is 4.90. The van der Waals surface area contributed by atoms with Crippen molar-refractivity contribution in [1.29, 1.82) is 0 Å². The molecule has 3 heteroatoms. The minimum Gasteiger partial charge on any atom is -0.384 e. The van der Waals surface area contributed by atoms with Crippen LogP contribution in [0.1, 0.15) is 25.0 Å². The van der Waals surface area contributed by atoms with Crippen molar-refractivity contribution in [1.82, 2.24) is 4.90 Å². The fourth-order valence-corrected chi connectivity index (χ4v) is 3.13. The van der Waals surface area contributed by atoms with Crippen molar-refractivity contribution in [3.8, 4) is 0 Å². The third-order valence-corrected chi connectivity index (χ3v) is 3.78. The van der Waals surface area contributed by atoms with Gasteiger partial charge in [-0.1, -0.05) is 12.1 Å². The summed E-state index contributed by atoms with van der Waals surface area (Å²) >= 11 is 0. The van der Waals surface area contributed by atoms with Gasteiger partial charge in [0, 0.05) is 31.9 Å². The Balaban J connectivity index is 1.69. The van der Waals surface area contributed by atoms with E-state index in [4.69, 9.17) is 4.74 Å². The molecule has 1 aromatic carbocycles. The Kier molecular flexibility index (Phi) is 3.27. The summed E-state index contributed by atoms with van der Waals surface area (Å²) in [5.74, 6) is 0. The lowest BCUT2D eigenvalue weighted by Crippen LogP contribution is -2.44. The second-order valence-corrected chi connectivity index (χ2v) is 5.62. The van der Waals surface area contributed by atoms with E-state index in [0.29, 0.717) is 12.2 Å². The zero-order valence-electron chi connectivity index (χ0n) is 11.3. The molecule has 2 aliphatic heterocycles. The van der Waals surface area contributed by atoms with Crippen molar-refractivity contribution in [2.24, 2.45) is 0 Å². The van der Waals surface area contributed by atoms with Gasteiger partial charge < -0.3 is 10.1 Å². The number of anilines is 1. The zero-order valence-corrected chi connectivity index (χ0v) is 11.3. The number of nitrogens with one attached hydrogen (secondary N) is 1. The molecule has 1 saturated heterocycles. The summed E-state index contributed by atoms with van der Waals surface area (Å²) in [6.07, 6.45) is 1.87. The Labute approximate surface area is 109 Å². The highest BCUT2D eigenvalue weighted by Crippen LogP contribution is 2.24. The average Bonchev–Trinajstić information content (AvgIpc) is 2.74. The molecule has 0 bridgehead atoms. The van der Waals surface area contributed by atoms with Crippen LogP contribution in [0.15, 0.2) is 18.2 Å². The molecule has 0 aromatic heterocycles. The highest BCUT2D eigenvalue weighted by molar-refractivity contribution is 5.56. The Hall–Kier alpha value is -1.06. The number of hydrogen-bond donors (Lipinski definition) is 1. The molecule has 18 heavy (non-hydrogen) atoms. The number of fused-ring (bicyclic) bond motifs is 1. The van der Waals surface area contributed by atoms with Crippen molar-refractivity contribution in [2.45, 2.75) is 39.0 Å². The maximum absolute atomic E-state index is 5.78. The van der Waals surface area contributed by atoms with E-state index in [2.05, 4.69) is 42.3 Å². The number of benzene rings is 1. The monoisotopic (exact) mass is 246 g/mol. The number of morpholine rings is 1. The van der Waals surface area contributed by atoms with E-state index in [1.165, 1.54) is 23.2 Å². The molecule has 0 amide bonds. The molecule has 1 N–H and O–H groups in total. The van der Waals surface area contributed by atoms with Crippen LogP contribution >= 0.6 is 0 Å². The van der Waals surface area contributed by atoms with Crippen molar-refractivity contribution < 1.29 is 4.74 Å². The van der Waals surface area contributed by atoms with E-state index in [1.54, 1.807) is 0 Å². The standard InChI is InChI=1S/C15H22N2O/c1-11-8-17(9-12(2)18-11)10-13-3-4-15-14(7-13)5-6-16-15/h3-4,7,11-12,16H,5-6,8-10H2,1-2H3. The average molecular weight is 246 g/mol. The second-order valence-electron chi connectivity index (χ2n) is 5.62. The summed E-state index contributed by atoms with van der Waals surface area (Å²) < 4.78 is 5.78. The van der Waals surface area contributed by atoms with Crippen LogP contribution in [-0.2, 0) is 17.7 Å². The molecule has 1 aromatic rings. The molecule has 3 rings (SSSR count). The molecular weight excluding hydrogens is 224 g/mol. The molecule has 0 aliphatic carbocycles. The molecular formula is C15H22N2O. The lowest BCUT2D eigenvalue weighted by molar-refractivity contribution is -0.0704. The van der Waals surface area contributed by atoms with Crippen LogP contribution in [0.4, 0.5) is 5.69 Å². The first-order valence-electron chi connectivity index (χ1n) is 6.94. The van der Waals surface area contributed by atoms with Gasteiger partial charge in [0.25, 0.3) is 0 Å². The molecule has 98 valence electrons. The van der Waals surface area contributed by atoms with Crippen molar-refractivity contribution in [3.05, 3.63) is 29.3 Å². The predicted molar refractivity (Wildman–Crippen MR) is 73.9 cm³/mol. The van der Waals surface area contributed by atoms with Gasteiger partial charge in [-0.15, -0.1) is 0 Å². The van der Waals surface area contributed by atoms with Gasteiger partial charge in [0.05, 0.1) is 12.2 Å². The normalized spacial score (nSPS) is 27.9. The van der Waals surface area contributed by atoms with Gasteiger partial charge in [-0.2, -0.15) is 0 Å². The number of nitrogens with zero attached hydrogens (tertiary/aromatic N) is 1. The number of hydrogen-bond acceptors (Lipinski definition) is 3. The Bertz CT molecular complexity index is 423. The minimum absolute atomic E-state index is 0.352. The summed E-state index contributed by atoms with van der Waals surface area (Å²) in [5.41, 5.74) is 4.23. The molecule has 2 heterocycles. The topological polar surface area (TPSA) is 24.5 Å². The van der Waals surface area contributed by atoms with Gasteiger partial charge in [-0.05, 0) is 37.5 Å². The first-order chi connectivity index (χ1) is 8.70. The number of rotatable bonds is 2. The maximum Gasteiger partial charge on any atom is 0.0678 e. The van der Waals surface area contributed by atoms with Crippen LogP contribution in [0.5, 0.6) is 0 Å². The van der Waals surface area contributed by atoms with Crippen LogP contribution < -0.4 is 5.32 Å². The van der Waals surface area contributed by atoms with E-state index in [1.807, 2.05) is 0 Å². The lowest BCUT2D eigenvalue weighted by atomic mass is 10.1. The van der Waals surface area contributed by atoms with E-state index in [0.717, 1.165) is 26.2 Å². The summed E-state index contributed by atoms with van der Waals surface area (Å²) in [7, 11) is 0. The van der Waals surface area contributed by atoms with Gasteiger partial charge in [-0.3, -0.25) is 4.90 Å². The molecule has 0 radical (unpaired) electrons. The SMILES string of the molecule is CC1CN(Cc2ccc3c(c2)CCN3)CC(C)O1. The first kappa shape index (κ1) is 12.0. The van der Waals surface area contributed by atoms with E-state index in [-0.39, 0.29) is 0 Å². The van der Waals surface area contributed by atoms with Gasteiger partial charge in [-0.25, -0.2) is 0 Å². The quantitative estimate of drug-likeness (QED) is 0.866. The largest absolute Gasteiger partial charge is 0.384 e. The van der Waals surface area contributed by atoms with Gasteiger partial charge in [0.2, 0.25) is 0 Å². The van der Waals surface area contributed by atoms with Crippen LogP contribution in [0.25, 0.3) is 0 Å².